The first kappa shape index (κ1) is 21.4. The number of fused-ring (bicyclic) bond motifs is 2. The van der Waals surface area contributed by atoms with Gasteiger partial charge in [-0.15, -0.1) is 0 Å². The Kier molecular flexibility index (Phi) is 5.70. The lowest BCUT2D eigenvalue weighted by Gasteiger charge is -2.25. The fourth-order valence-electron chi connectivity index (χ4n) is 5.20. The molecule has 1 fully saturated rings. The molecule has 9 nitrogen and oxygen atoms in total. The molecule has 1 aromatic heterocycles. The molecular weight excluding hydrogens is 430 g/mol. The van der Waals surface area contributed by atoms with Crippen molar-refractivity contribution >= 4 is 27.5 Å². The van der Waals surface area contributed by atoms with Gasteiger partial charge >= 0.3 is 10.3 Å². The van der Waals surface area contributed by atoms with Crippen LogP contribution in [0.15, 0.2) is 35.6 Å². The van der Waals surface area contributed by atoms with Gasteiger partial charge < -0.3 is 10.4 Å². The fourth-order valence-corrected chi connectivity index (χ4v) is 5.56. The first-order valence-electron chi connectivity index (χ1n) is 11.0. The minimum absolute atomic E-state index is 0.0762. The van der Waals surface area contributed by atoms with Crippen LogP contribution in [-0.4, -0.2) is 48.0 Å². The largest absolute Gasteiger partial charge is 0.393 e. The average Bonchev–Trinajstić information content (AvgIpc) is 3.35. The van der Waals surface area contributed by atoms with Crippen LogP contribution in [0.4, 0.5) is 11.5 Å². The summed E-state index contributed by atoms with van der Waals surface area (Å²) in [5, 5.41) is 18.6. The molecule has 0 radical (unpaired) electrons. The quantitative estimate of drug-likeness (QED) is 0.603. The molecular formula is C22H27N5O4S. The minimum atomic E-state index is -4.03. The lowest BCUT2D eigenvalue weighted by molar-refractivity contribution is 0.101. The van der Waals surface area contributed by atoms with E-state index in [1.165, 1.54) is 11.1 Å². The lowest BCUT2D eigenvalue weighted by Crippen LogP contribution is -2.24. The summed E-state index contributed by atoms with van der Waals surface area (Å²) in [5.41, 5.74) is 5.57. The van der Waals surface area contributed by atoms with Crippen molar-refractivity contribution < 1.29 is 17.7 Å². The van der Waals surface area contributed by atoms with Gasteiger partial charge in [0.2, 0.25) is 0 Å². The fraction of sp³-hybridized carbons (Fsp3) is 0.500. The average molecular weight is 458 g/mol. The van der Waals surface area contributed by atoms with Crippen LogP contribution in [-0.2, 0) is 27.3 Å². The molecule has 1 saturated carbocycles. The standard InChI is InChI=1S/C22H27N5O4S/c23-32(29,30)31-11-14-8-15(9-20(14)28)26-22-21-19(24-12-25-22)10-18(27-21)17-7-3-5-13-4-1-2-6-16(13)17/h1-2,4,6,12,14-15,17,20,28H,3,5,7-11H2,(H2,23,29,30)(H,24,25,26)/t14-,15+,17?,20-/m0/s1. The Morgan fingerprint density at radius 3 is 2.91 bits per heavy atom. The second-order valence-corrected chi connectivity index (χ2v) is 10.1. The predicted octanol–water partition coefficient (Wildman–Crippen LogP) is 2.00. The van der Waals surface area contributed by atoms with Crippen molar-refractivity contribution in [2.24, 2.45) is 16.0 Å². The highest BCUT2D eigenvalue weighted by Crippen LogP contribution is 2.40. The normalized spacial score (nSPS) is 27.0. The second-order valence-electron chi connectivity index (χ2n) is 8.86. The summed E-state index contributed by atoms with van der Waals surface area (Å²) in [6, 6.07) is 8.52. The number of aromatic nitrogens is 2. The zero-order valence-corrected chi connectivity index (χ0v) is 18.5. The van der Waals surface area contributed by atoms with E-state index < -0.39 is 16.4 Å². The molecule has 0 amide bonds. The van der Waals surface area contributed by atoms with Crippen molar-refractivity contribution in [3.63, 3.8) is 0 Å². The lowest BCUT2D eigenvalue weighted by atomic mass is 9.79. The highest BCUT2D eigenvalue weighted by molar-refractivity contribution is 7.84. The van der Waals surface area contributed by atoms with Crippen LogP contribution in [0.25, 0.3) is 0 Å². The maximum Gasteiger partial charge on any atom is 0.333 e. The summed E-state index contributed by atoms with van der Waals surface area (Å²) < 4.78 is 26.8. The van der Waals surface area contributed by atoms with E-state index in [0.717, 1.165) is 36.4 Å². The molecule has 170 valence electrons. The van der Waals surface area contributed by atoms with Gasteiger partial charge in [-0.05, 0) is 43.2 Å². The van der Waals surface area contributed by atoms with Gasteiger partial charge in [0.1, 0.15) is 12.0 Å². The molecule has 2 heterocycles. The molecule has 1 aliphatic heterocycles. The number of nitrogens with zero attached hydrogens (tertiary/aromatic N) is 3. The number of nitrogens with two attached hydrogens (primary N) is 1. The highest BCUT2D eigenvalue weighted by atomic mass is 32.2. The van der Waals surface area contributed by atoms with E-state index in [2.05, 4.69) is 43.7 Å². The van der Waals surface area contributed by atoms with Crippen LogP contribution in [0.1, 0.15) is 48.4 Å². The van der Waals surface area contributed by atoms with Gasteiger partial charge in [-0.1, -0.05) is 24.3 Å². The van der Waals surface area contributed by atoms with Crippen molar-refractivity contribution in [1.29, 1.82) is 0 Å². The number of aryl methyl sites for hydroxylation is 1. The number of hydrogen-bond donors (Lipinski definition) is 3. The third kappa shape index (κ3) is 4.40. The maximum atomic E-state index is 11.1. The van der Waals surface area contributed by atoms with E-state index in [9.17, 15) is 13.5 Å². The van der Waals surface area contributed by atoms with Gasteiger partial charge in [-0.25, -0.2) is 15.1 Å². The third-order valence-electron chi connectivity index (χ3n) is 6.72. The zero-order chi connectivity index (χ0) is 22.3. The number of benzene rings is 1. The number of anilines is 1. The Bertz CT molecular complexity index is 1150. The van der Waals surface area contributed by atoms with Crippen LogP contribution in [0.5, 0.6) is 0 Å². The molecule has 4 N–H and O–H groups in total. The molecule has 1 aromatic carbocycles. The van der Waals surface area contributed by atoms with Crippen LogP contribution >= 0.6 is 0 Å². The third-order valence-corrected chi connectivity index (χ3v) is 7.18. The smallest absolute Gasteiger partial charge is 0.333 e. The molecule has 0 spiro atoms. The summed E-state index contributed by atoms with van der Waals surface area (Å²) in [6.07, 6.45) is 5.93. The molecule has 0 saturated heterocycles. The van der Waals surface area contributed by atoms with Crippen LogP contribution in [0.2, 0.25) is 0 Å². The molecule has 0 bridgehead atoms. The minimum Gasteiger partial charge on any atom is -0.393 e. The Hall–Kier alpha value is -2.40. The summed E-state index contributed by atoms with van der Waals surface area (Å²) in [5.74, 6) is 0.632. The van der Waals surface area contributed by atoms with Gasteiger partial charge in [0.15, 0.2) is 5.82 Å². The van der Waals surface area contributed by atoms with Crippen molar-refractivity contribution in [3.05, 3.63) is 47.4 Å². The molecule has 10 heteroatoms. The Balaban J connectivity index is 1.32. The molecule has 2 aromatic rings. The molecule has 2 aliphatic carbocycles. The zero-order valence-electron chi connectivity index (χ0n) is 17.6. The predicted molar refractivity (Wildman–Crippen MR) is 120 cm³/mol. The second kappa shape index (κ2) is 8.51. The summed E-state index contributed by atoms with van der Waals surface area (Å²) >= 11 is 0. The molecule has 3 aliphatic rings. The van der Waals surface area contributed by atoms with Crippen LogP contribution in [0.3, 0.4) is 0 Å². The van der Waals surface area contributed by atoms with Crippen LogP contribution in [0, 0.1) is 5.92 Å². The van der Waals surface area contributed by atoms with E-state index in [1.807, 2.05) is 0 Å². The molecule has 5 rings (SSSR count). The summed E-state index contributed by atoms with van der Waals surface area (Å²) in [7, 11) is -4.03. The van der Waals surface area contributed by atoms with Gasteiger partial charge in [-0.2, -0.15) is 8.42 Å². The van der Waals surface area contributed by atoms with Gasteiger partial charge in [0.05, 0.1) is 18.4 Å². The van der Waals surface area contributed by atoms with E-state index in [0.29, 0.717) is 31.0 Å². The Morgan fingerprint density at radius 2 is 2.06 bits per heavy atom. The molecule has 4 atom stereocenters. The van der Waals surface area contributed by atoms with Crippen LogP contribution < -0.4 is 10.5 Å². The summed E-state index contributed by atoms with van der Waals surface area (Å²) in [4.78, 5) is 13.9. The number of aliphatic imine (C=N–C) groups is 1. The van der Waals surface area contributed by atoms with E-state index in [1.54, 1.807) is 6.33 Å². The first-order valence-corrected chi connectivity index (χ1v) is 12.5. The number of hydrogen-bond acceptors (Lipinski definition) is 8. The summed E-state index contributed by atoms with van der Waals surface area (Å²) in [6.45, 7) is -0.135. The number of aliphatic hydroxyl groups excluding tert-OH is 1. The van der Waals surface area contributed by atoms with Crippen molar-refractivity contribution in [3.8, 4) is 0 Å². The number of nitrogens with one attached hydrogen (secondary N) is 1. The SMILES string of the molecule is NS(=O)(=O)OC[C@@H]1C[C@@H](Nc2ncnc3c2N=C(C2CCCc4ccccc42)C3)C[C@@H]1O. The maximum absolute atomic E-state index is 11.1. The van der Waals surface area contributed by atoms with Crippen molar-refractivity contribution in [2.75, 3.05) is 11.9 Å². The topological polar surface area (TPSA) is 140 Å². The van der Waals surface area contributed by atoms with Crippen molar-refractivity contribution in [1.82, 2.24) is 9.97 Å². The van der Waals surface area contributed by atoms with E-state index >= 15 is 0 Å². The van der Waals surface area contributed by atoms with E-state index in [4.69, 9.17) is 10.1 Å². The Labute approximate surface area is 187 Å². The van der Waals surface area contributed by atoms with Crippen molar-refractivity contribution in [2.45, 2.75) is 56.6 Å². The van der Waals surface area contributed by atoms with Gasteiger partial charge in [-0.3, -0.25) is 9.18 Å². The molecule has 1 unspecified atom stereocenters. The first-order chi connectivity index (χ1) is 15.4. The number of aliphatic hydroxyl groups is 1. The highest BCUT2D eigenvalue weighted by Gasteiger charge is 2.35. The van der Waals surface area contributed by atoms with Gasteiger partial charge in [0.25, 0.3) is 0 Å². The van der Waals surface area contributed by atoms with E-state index in [-0.39, 0.29) is 18.6 Å². The Morgan fingerprint density at radius 1 is 1.22 bits per heavy atom. The number of rotatable bonds is 6. The monoisotopic (exact) mass is 457 g/mol. The van der Waals surface area contributed by atoms with Gasteiger partial charge in [0, 0.05) is 30.0 Å². The molecule has 32 heavy (non-hydrogen) atoms.